The molecular weight excluding hydrogens is 980 g/mol. The molecule has 0 atom stereocenters. The van der Waals surface area contributed by atoms with Crippen molar-refractivity contribution in [1.82, 2.24) is 0 Å². The molecule has 53 heavy (non-hydrogen) atoms. The maximum absolute atomic E-state index is 14.1. The second kappa shape index (κ2) is 14.9. The van der Waals surface area contributed by atoms with Crippen LogP contribution in [0.3, 0.4) is 0 Å². The zero-order valence-electron chi connectivity index (χ0n) is 24.4. The van der Waals surface area contributed by atoms with Crippen LogP contribution in [0.5, 0.6) is 0 Å². The van der Waals surface area contributed by atoms with Crippen molar-refractivity contribution in [3.63, 3.8) is 0 Å². The van der Waals surface area contributed by atoms with Crippen LogP contribution in [0.25, 0.3) is 0 Å². The predicted molar refractivity (Wildman–Crippen MR) is 138 cm³/mol. The van der Waals surface area contributed by atoms with Gasteiger partial charge in [0.25, 0.3) is 0 Å². The summed E-state index contributed by atoms with van der Waals surface area (Å²) in [5, 5.41) is 0. The molecule has 29 heteroatoms. The Hall–Kier alpha value is -1.29. The summed E-state index contributed by atoms with van der Waals surface area (Å²) < 4.78 is 345. The van der Waals surface area contributed by atoms with Gasteiger partial charge in [-0.25, -0.2) is 0 Å². The SMILES string of the molecule is FC(F)(F)C(F)(F)C(F)(F)C(F)(F)C(F)(F)C(F)(F)CCCc1ccc(I(Cl)Cl)c(CCCC(F)(F)C(F)(F)C(F)(F)C(F)(F)C(F)(F)C(F)(F)F)c1. The van der Waals surface area contributed by atoms with Crippen molar-refractivity contribution >= 4 is 35.4 Å². The van der Waals surface area contributed by atoms with Crippen LogP contribution in [0.15, 0.2) is 18.2 Å². The van der Waals surface area contributed by atoms with E-state index in [2.05, 4.69) is 0 Å². The molecule has 0 saturated heterocycles. The number of alkyl halides is 26. The van der Waals surface area contributed by atoms with Crippen LogP contribution < -0.4 is 0 Å². The molecule has 0 amide bonds. The summed E-state index contributed by atoms with van der Waals surface area (Å²) in [7, 11) is 11.4. The quantitative estimate of drug-likeness (QED) is 0.108. The molecule has 0 nitrogen and oxygen atoms in total. The molecule has 0 heterocycles. The Morgan fingerprint density at radius 3 is 1.00 bits per heavy atom. The van der Waals surface area contributed by atoms with Gasteiger partial charge in [-0.3, -0.25) is 0 Å². The van der Waals surface area contributed by atoms with Crippen LogP contribution in [0, 0.1) is 3.57 Å². The first-order valence-corrected chi connectivity index (χ1v) is 19.6. The Morgan fingerprint density at radius 2 is 0.698 bits per heavy atom. The summed E-state index contributed by atoms with van der Waals surface area (Å²) in [5.41, 5.74) is -1.03. The van der Waals surface area contributed by atoms with Gasteiger partial charge in [0.15, 0.2) is 0 Å². The zero-order chi connectivity index (χ0) is 42.7. The number of rotatable bonds is 17. The fourth-order valence-electron chi connectivity index (χ4n) is 4.05. The van der Waals surface area contributed by atoms with Gasteiger partial charge in [-0.15, -0.1) is 0 Å². The van der Waals surface area contributed by atoms with Crippen LogP contribution in [0.1, 0.15) is 36.8 Å². The molecular formula is C24H15Cl2F26I. The molecule has 0 aromatic heterocycles. The van der Waals surface area contributed by atoms with Crippen LogP contribution in [0.2, 0.25) is 0 Å². The van der Waals surface area contributed by atoms with Gasteiger partial charge in [0.2, 0.25) is 0 Å². The first-order valence-electron chi connectivity index (χ1n) is 13.0. The molecule has 1 aromatic rings. The molecule has 0 radical (unpaired) electrons. The number of halogens is 29. The first-order chi connectivity index (χ1) is 23.0. The van der Waals surface area contributed by atoms with Gasteiger partial charge in [-0.2, -0.15) is 22.0 Å². The molecule has 0 aliphatic heterocycles. The summed E-state index contributed by atoms with van der Waals surface area (Å²) in [6.45, 7) is 0. The summed E-state index contributed by atoms with van der Waals surface area (Å²) in [6, 6.07) is 2.19. The van der Waals surface area contributed by atoms with Crippen molar-refractivity contribution in [3.05, 3.63) is 32.9 Å². The molecule has 314 valence electrons. The molecule has 0 saturated carbocycles. The van der Waals surface area contributed by atoms with Gasteiger partial charge < -0.3 is 0 Å². The topological polar surface area (TPSA) is 0 Å². The van der Waals surface area contributed by atoms with E-state index in [1.54, 1.807) is 0 Å². The van der Waals surface area contributed by atoms with Crippen LogP contribution in [0.4, 0.5) is 114 Å². The van der Waals surface area contributed by atoms with Gasteiger partial charge >= 0.3 is 271 Å². The van der Waals surface area contributed by atoms with E-state index in [0.717, 1.165) is 12.1 Å². The Labute approximate surface area is 292 Å². The van der Waals surface area contributed by atoms with E-state index in [1.165, 1.54) is 0 Å². The fraction of sp³-hybridized carbons (Fsp3) is 0.750. The molecule has 1 rings (SSSR count). The van der Waals surface area contributed by atoms with Gasteiger partial charge in [0.1, 0.15) is 0 Å². The van der Waals surface area contributed by atoms with Gasteiger partial charge in [0, 0.05) is 0 Å². The van der Waals surface area contributed by atoms with E-state index in [4.69, 9.17) is 17.8 Å². The van der Waals surface area contributed by atoms with Crippen molar-refractivity contribution in [2.45, 2.75) is 110 Å². The standard InChI is InChI=1S/C24H15Cl2F26I/c25-53(26)12-6-5-10(3-1-7-13(27,28)15(31,32)17(35,36)19(39,40)21(43,44)23(47,48)49)9-11(12)4-2-8-14(29,30)16(33,34)18(37,38)20(41,42)22(45,46)24(50,51)52/h5-6,9H,1-4,7-8H2. The van der Waals surface area contributed by atoms with E-state index in [-0.39, 0.29) is 3.57 Å². The second-order valence-corrected chi connectivity index (χ2v) is 17.9. The maximum atomic E-state index is 14.1. The van der Waals surface area contributed by atoms with Crippen molar-refractivity contribution < 1.29 is 114 Å². The van der Waals surface area contributed by atoms with Crippen LogP contribution in [-0.4, -0.2) is 71.6 Å². The Kier molecular flexibility index (Phi) is 14.0. The molecule has 0 N–H and O–H groups in total. The summed E-state index contributed by atoms with van der Waals surface area (Å²) >= 11 is -3.44. The Morgan fingerprint density at radius 1 is 0.396 bits per heavy atom. The molecule has 0 fully saturated rings. The Balaban J connectivity index is 3.28. The van der Waals surface area contributed by atoms with Crippen molar-refractivity contribution in [3.8, 4) is 0 Å². The minimum atomic E-state index is -8.17. The number of hydrogen-bond donors (Lipinski definition) is 0. The third kappa shape index (κ3) is 8.40. The summed E-state index contributed by atoms with van der Waals surface area (Å²) in [6.07, 6.45) is -26.1. The van der Waals surface area contributed by atoms with Crippen molar-refractivity contribution in [2.75, 3.05) is 0 Å². The zero-order valence-corrected chi connectivity index (χ0v) is 28.1. The second-order valence-electron chi connectivity index (χ2n) is 10.8. The van der Waals surface area contributed by atoms with E-state index in [1.807, 2.05) is 0 Å². The number of aryl methyl sites for hydroxylation is 2. The predicted octanol–water partition coefficient (Wildman–Crippen LogP) is 13.8. The average molecular weight is 995 g/mol. The summed E-state index contributed by atoms with van der Waals surface area (Å²) in [4.78, 5) is 0. The van der Waals surface area contributed by atoms with Crippen molar-refractivity contribution in [1.29, 1.82) is 0 Å². The van der Waals surface area contributed by atoms with Gasteiger partial charge in [0.05, 0.1) is 0 Å². The van der Waals surface area contributed by atoms with E-state index >= 15 is 0 Å². The first kappa shape index (κ1) is 49.7. The van der Waals surface area contributed by atoms with Crippen LogP contribution in [-0.2, 0) is 12.8 Å². The van der Waals surface area contributed by atoms with E-state index in [0.29, 0.717) is 6.07 Å². The van der Waals surface area contributed by atoms with E-state index in [9.17, 15) is 114 Å². The molecule has 1 aromatic carbocycles. The summed E-state index contributed by atoms with van der Waals surface area (Å²) in [5.74, 6) is -76.7. The third-order valence-corrected chi connectivity index (χ3v) is 11.1. The molecule has 0 spiro atoms. The third-order valence-electron chi connectivity index (χ3n) is 7.15. The Bertz CT molecular complexity index is 1410. The number of benzene rings is 1. The number of hydrogen-bond acceptors (Lipinski definition) is 0. The fourth-order valence-corrected chi connectivity index (χ4v) is 7.32. The normalized spacial score (nSPS) is 16.0. The molecule has 0 aliphatic rings. The molecule has 0 aliphatic carbocycles. The van der Waals surface area contributed by atoms with Gasteiger partial charge in [-0.05, 0) is 0 Å². The van der Waals surface area contributed by atoms with Crippen molar-refractivity contribution in [2.24, 2.45) is 0 Å². The minimum absolute atomic E-state index is 0.303. The average Bonchev–Trinajstić information content (AvgIpc) is 2.94. The van der Waals surface area contributed by atoms with E-state index < -0.39 is 139 Å². The molecule has 0 unspecified atom stereocenters. The van der Waals surface area contributed by atoms with Gasteiger partial charge in [-0.1, -0.05) is 0 Å². The van der Waals surface area contributed by atoms with Crippen LogP contribution >= 0.6 is 35.4 Å². The molecule has 0 bridgehead atoms. The monoisotopic (exact) mass is 994 g/mol.